The fourth-order valence-corrected chi connectivity index (χ4v) is 0.772. The summed E-state index contributed by atoms with van der Waals surface area (Å²) in [4.78, 5) is 0. The first-order valence-electron chi connectivity index (χ1n) is 6.83. The molecule has 0 heterocycles. The SMILES string of the molecule is C=C/C=C(/C#CC)C(=C)/C=C\C.CC.CC.CC. The summed E-state index contributed by atoms with van der Waals surface area (Å²) < 4.78 is 0. The summed E-state index contributed by atoms with van der Waals surface area (Å²) in [6.45, 7) is 23.3. The lowest BCUT2D eigenvalue weighted by atomic mass is 10.1. The first-order valence-corrected chi connectivity index (χ1v) is 6.83. The third kappa shape index (κ3) is 20.0. The maximum absolute atomic E-state index is 3.88. The molecular formula is C18H32. The van der Waals surface area contributed by atoms with Gasteiger partial charge >= 0.3 is 0 Å². The van der Waals surface area contributed by atoms with E-state index in [-0.39, 0.29) is 0 Å². The van der Waals surface area contributed by atoms with Gasteiger partial charge in [-0.2, -0.15) is 0 Å². The molecule has 0 aromatic carbocycles. The second-order valence-corrected chi connectivity index (χ2v) is 2.22. The fourth-order valence-electron chi connectivity index (χ4n) is 0.772. The Morgan fingerprint density at radius 3 is 1.72 bits per heavy atom. The maximum Gasteiger partial charge on any atom is 0.0311 e. The third-order valence-electron chi connectivity index (χ3n) is 1.26. The minimum Gasteiger partial charge on any atom is -0.101 e. The second kappa shape index (κ2) is 29.6. The summed E-state index contributed by atoms with van der Waals surface area (Å²) in [5.41, 5.74) is 1.84. The first kappa shape index (κ1) is 25.4. The Morgan fingerprint density at radius 1 is 1.00 bits per heavy atom. The third-order valence-corrected chi connectivity index (χ3v) is 1.26. The minimum absolute atomic E-state index is 0.922. The normalized spacial score (nSPS) is 8.11. The van der Waals surface area contributed by atoms with Crippen molar-refractivity contribution in [3.63, 3.8) is 0 Å². The molecule has 104 valence electrons. The van der Waals surface area contributed by atoms with Crippen LogP contribution in [0.3, 0.4) is 0 Å². The molecule has 0 aliphatic heterocycles. The molecule has 0 heteroatoms. The largest absolute Gasteiger partial charge is 0.101 e. The molecule has 0 aliphatic rings. The molecule has 0 amide bonds. The zero-order valence-corrected chi connectivity index (χ0v) is 13.7. The van der Waals surface area contributed by atoms with Crippen LogP contribution in [-0.4, -0.2) is 0 Å². The van der Waals surface area contributed by atoms with E-state index in [4.69, 9.17) is 0 Å². The number of hydrogen-bond donors (Lipinski definition) is 0. The first-order chi connectivity index (χ1) is 8.76. The van der Waals surface area contributed by atoms with Crippen molar-refractivity contribution >= 4 is 0 Å². The molecule has 0 fully saturated rings. The molecular weight excluding hydrogens is 216 g/mol. The quantitative estimate of drug-likeness (QED) is 0.404. The van der Waals surface area contributed by atoms with Crippen LogP contribution in [0.5, 0.6) is 0 Å². The molecule has 0 saturated carbocycles. The van der Waals surface area contributed by atoms with E-state index < -0.39 is 0 Å². The Labute approximate surface area is 116 Å². The summed E-state index contributed by atoms with van der Waals surface area (Å²) >= 11 is 0. The molecule has 0 bridgehead atoms. The van der Waals surface area contributed by atoms with Crippen molar-refractivity contribution in [2.24, 2.45) is 0 Å². The number of hydrogen-bond acceptors (Lipinski definition) is 0. The van der Waals surface area contributed by atoms with Gasteiger partial charge in [0.2, 0.25) is 0 Å². The number of rotatable bonds is 3. The summed E-state index contributed by atoms with van der Waals surface area (Å²) in [6, 6.07) is 0. The van der Waals surface area contributed by atoms with Crippen LogP contribution in [0.25, 0.3) is 0 Å². The Bertz CT molecular complexity index is 277. The lowest BCUT2D eigenvalue weighted by Gasteiger charge is -1.95. The van der Waals surface area contributed by atoms with Gasteiger partial charge in [0, 0.05) is 5.57 Å². The summed E-state index contributed by atoms with van der Waals surface area (Å²) in [7, 11) is 0. The van der Waals surface area contributed by atoms with E-state index in [1.165, 1.54) is 0 Å². The van der Waals surface area contributed by atoms with Crippen LogP contribution in [0.15, 0.2) is 48.6 Å². The van der Waals surface area contributed by atoms with Gasteiger partial charge in [0.25, 0.3) is 0 Å². The lowest BCUT2D eigenvalue weighted by Crippen LogP contribution is -1.79. The van der Waals surface area contributed by atoms with Gasteiger partial charge in [0.1, 0.15) is 0 Å². The van der Waals surface area contributed by atoms with Crippen LogP contribution in [0.4, 0.5) is 0 Å². The molecule has 0 rings (SSSR count). The van der Waals surface area contributed by atoms with Crippen molar-refractivity contribution in [1.29, 1.82) is 0 Å². The Kier molecular flexibility index (Phi) is 41.7. The average molecular weight is 248 g/mol. The van der Waals surface area contributed by atoms with E-state index in [1.54, 1.807) is 13.0 Å². The fraction of sp³-hybridized carbons (Fsp3) is 0.444. The number of allylic oxidation sites excluding steroid dienone is 6. The summed E-state index contributed by atoms with van der Waals surface area (Å²) in [6.07, 6.45) is 7.45. The van der Waals surface area contributed by atoms with Gasteiger partial charge in [-0.3, -0.25) is 0 Å². The van der Waals surface area contributed by atoms with Gasteiger partial charge in [0.05, 0.1) is 0 Å². The van der Waals surface area contributed by atoms with Gasteiger partial charge < -0.3 is 0 Å². The van der Waals surface area contributed by atoms with Crippen molar-refractivity contribution in [1.82, 2.24) is 0 Å². The molecule has 0 atom stereocenters. The highest BCUT2D eigenvalue weighted by Crippen LogP contribution is 2.07. The second-order valence-electron chi connectivity index (χ2n) is 2.22. The van der Waals surface area contributed by atoms with Gasteiger partial charge in [-0.05, 0) is 25.5 Å². The molecule has 0 saturated heterocycles. The molecule has 0 aromatic heterocycles. The van der Waals surface area contributed by atoms with E-state index in [0.29, 0.717) is 0 Å². The maximum atomic E-state index is 3.88. The average Bonchev–Trinajstić information content (AvgIpc) is 2.45. The van der Waals surface area contributed by atoms with Gasteiger partial charge in [-0.15, -0.1) is 5.92 Å². The monoisotopic (exact) mass is 248 g/mol. The molecule has 18 heavy (non-hydrogen) atoms. The Balaban J connectivity index is -0.000000141. The molecule has 0 unspecified atom stereocenters. The molecule has 0 aromatic rings. The molecule has 0 radical (unpaired) electrons. The van der Waals surface area contributed by atoms with Crippen molar-refractivity contribution in [3.8, 4) is 11.8 Å². The van der Waals surface area contributed by atoms with E-state index in [2.05, 4.69) is 25.0 Å². The highest BCUT2D eigenvalue weighted by Gasteiger charge is 1.91. The summed E-state index contributed by atoms with van der Waals surface area (Å²) in [5.74, 6) is 5.79. The topological polar surface area (TPSA) is 0 Å². The van der Waals surface area contributed by atoms with Crippen LogP contribution in [0.1, 0.15) is 55.4 Å². The van der Waals surface area contributed by atoms with Crippen LogP contribution < -0.4 is 0 Å². The van der Waals surface area contributed by atoms with Crippen molar-refractivity contribution < 1.29 is 0 Å². The predicted octanol–water partition coefficient (Wildman–Crippen LogP) is 6.33. The summed E-state index contributed by atoms with van der Waals surface area (Å²) in [5, 5.41) is 0. The van der Waals surface area contributed by atoms with Crippen LogP contribution in [0.2, 0.25) is 0 Å². The zero-order chi connectivity index (χ0) is 15.4. The lowest BCUT2D eigenvalue weighted by molar-refractivity contribution is 1.50. The van der Waals surface area contributed by atoms with Crippen molar-refractivity contribution in [3.05, 3.63) is 48.6 Å². The Hall–Kier alpha value is -1.48. The van der Waals surface area contributed by atoms with Crippen LogP contribution in [-0.2, 0) is 0 Å². The standard InChI is InChI=1S/C12H14.3C2H6/c1-5-8-11(4)12(9-6-2)10-7-3;3*1-2/h5-6,8-9H,2,4H2,1,3H3;3*1-2H3/b8-5-,12-9-;;;. The van der Waals surface area contributed by atoms with E-state index >= 15 is 0 Å². The molecule has 0 aliphatic carbocycles. The molecule has 0 nitrogen and oxygen atoms in total. The van der Waals surface area contributed by atoms with Gasteiger partial charge in [0.15, 0.2) is 0 Å². The molecule has 0 spiro atoms. The van der Waals surface area contributed by atoms with Gasteiger partial charge in [-0.25, -0.2) is 0 Å². The highest BCUT2D eigenvalue weighted by molar-refractivity contribution is 5.50. The van der Waals surface area contributed by atoms with E-state index in [9.17, 15) is 0 Å². The molecule has 0 N–H and O–H groups in total. The zero-order valence-electron chi connectivity index (χ0n) is 13.7. The van der Waals surface area contributed by atoms with Crippen molar-refractivity contribution in [2.75, 3.05) is 0 Å². The predicted molar refractivity (Wildman–Crippen MR) is 89.7 cm³/mol. The Morgan fingerprint density at radius 2 is 1.44 bits per heavy atom. The van der Waals surface area contributed by atoms with Crippen LogP contribution in [0, 0.1) is 11.8 Å². The van der Waals surface area contributed by atoms with Crippen LogP contribution >= 0.6 is 0 Å². The van der Waals surface area contributed by atoms with Gasteiger partial charge in [-0.1, -0.05) is 78.8 Å². The minimum atomic E-state index is 0.922. The van der Waals surface area contributed by atoms with E-state index in [1.807, 2.05) is 66.7 Å². The smallest absolute Gasteiger partial charge is 0.0311 e. The van der Waals surface area contributed by atoms with Crippen molar-refractivity contribution in [2.45, 2.75) is 55.4 Å². The van der Waals surface area contributed by atoms with E-state index in [0.717, 1.165) is 11.1 Å². The highest BCUT2D eigenvalue weighted by atomic mass is 13.9.